The van der Waals surface area contributed by atoms with Crippen LogP contribution in [0.25, 0.3) is 0 Å². The Morgan fingerprint density at radius 2 is 2.25 bits per heavy atom. The van der Waals surface area contributed by atoms with Crippen LogP contribution in [0.1, 0.15) is 15.9 Å². The summed E-state index contributed by atoms with van der Waals surface area (Å²) >= 11 is 0. The molecule has 2 N–H and O–H groups in total. The Balaban J connectivity index is 0.00000208. The highest BCUT2D eigenvalue weighted by molar-refractivity contribution is 5.87. The summed E-state index contributed by atoms with van der Waals surface area (Å²) in [4.78, 5) is 26.4. The highest BCUT2D eigenvalue weighted by atomic mass is 35.5. The lowest BCUT2D eigenvalue weighted by molar-refractivity contribution is 0.0696. The second kappa shape index (κ2) is 7.51. The van der Waals surface area contributed by atoms with Crippen LogP contribution in [0.2, 0.25) is 0 Å². The number of urea groups is 1. The Morgan fingerprint density at radius 1 is 1.46 bits per heavy atom. The van der Waals surface area contributed by atoms with E-state index >= 15 is 0 Å². The van der Waals surface area contributed by atoms with Crippen LogP contribution >= 0.6 is 12.4 Å². The lowest BCUT2D eigenvalue weighted by atomic mass is 10.1. The summed E-state index contributed by atoms with van der Waals surface area (Å²) in [5, 5.41) is 12.0. The largest absolute Gasteiger partial charge is 0.478 e. The summed E-state index contributed by atoms with van der Waals surface area (Å²) in [7, 11) is 0. The van der Waals surface area contributed by atoms with Gasteiger partial charge in [0.15, 0.2) is 0 Å². The predicted molar refractivity (Wildman–Crippen MR) is 87.8 cm³/mol. The minimum absolute atomic E-state index is 0. The van der Waals surface area contributed by atoms with Crippen LogP contribution < -0.4 is 5.32 Å². The molecule has 2 amide bonds. The Labute approximate surface area is 145 Å². The maximum absolute atomic E-state index is 13.8. The van der Waals surface area contributed by atoms with Gasteiger partial charge in [-0.3, -0.25) is 0 Å². The topological polar surface area (TPSA) is 72.9 Å². The average Bonchev–Trinajstić information content (AvgIpc) is 2.85. The van der Waals surface area contributed by atoms with Crippen molar-refractivity contribution in [3.05, 3.63) is 35.1 Å². The first-order chi connectivity index (χ1) is 11.1. The van der Waals surface area contributed by atoms with Crippen LogP contribution in [-0.2, 0) is 0 Å². The summed E-state index contributed by atoms with van der Waals surface area (Å²) in [6, 6.07) is 3.73. The minimum Gasteiger partial charge on any atom is -0.478 e. The zero-order valence-electron chi connectivity index (χ0n) is 12.8. The van der Waals surface area contributed by atoms with Gasteiger partial charge in [0.1, 0.15) is 5.82 Å². The number of hydrogen-bond donors (Lipinski definition) is 2. The van der Waals surface area contributed by atoms with Crippen molar-refractivity contribution in [2.24, 2.45) is 0 Å². The van der Waals surface area contributed by atoms with Crippen molar-refractivity contribution in [1.29, 1.82) is 0 Å². The molecule has 24 heavy (non-hydrogen) atoms. The molecule has 0 bridgehead atoms. The molecule has 0 aliphatic carbocycles. The molecule has 1 atom stereocenters. The van der Waals surface area contributed by atoms with Crippen molar-refractivity contribution < 1.29 is 19.1 Å². The molecule has 128 valence electrons. The number of carbonyl (C=O) groups is 2. The highest BCUT2D eigenvalue weighted by Gasteiger charge is 2.37. The summed E-state index contributed by atoms with van der Waals surface area (Å²) in [5.41, 5.74) is 0.00757. The van der Waals surface area contributed by atoms with E-state index < -0.39 is 11.8 Å². The molecule has 0 aromatic heterocycles. The monoisotopic (exact) mass is 353 g/mol. The van der Waals surface area contributed by atoms with E-state index in [2.05, 4.69) is 17.2 Å². The molecule has 0 radical (unpaired) electrons. The number of rotatable bonds is 2. The van der Waals surface area contributed by atoms with Gasteiger partial charge >= 0.3 is 12.0 Å². The van der Waals surface area contributed by atoms with Gasteiger partial charge in [-0.25, -0.2) is 14.0 Å². The van der Waals surface area contributed by atoms with E-state index in [1.165, 1.54) is 12.1 Å². The zero-order chi connectivity index (χ0) is 16.4. The molecule has 0 saturated carbocycles. The van der Waals surface area contributed by atoms with Gasteiger partial charge in [0.2, 0.25) is 0 Å². The first-order valence-corrected chi connectivity index (χ1v) is 7.34. The SMILES string of the molecule is Cl.O=C(O)c1ccc(C#CCN2CC3CNCCN3C2=O)c(F)c1. The van der Waals surface area contributed by atoms with Gasteiger partial charge in [0.25, 0.3) is 0 Å². The van der Waals surface area contributed by atoms with Gasteiger partial charge in [-0.05, 0) is 18.2 Å². The number of amides is 2. The van der Waals surface area contributed by atoms with Crippen LogP contribution in [0.5, 0.6) is 0 Å². The quantitative estimate of drug-likeness (QED) is 0.778. The Hall–Kier alpha value is -2.30. The number of carboxylic acids is 1. The number of piperazine rings is 1. The van der Waals surface area contributed by atoms with Crippen molar-refractivity contribution in [2.75, 3.05) is 32.7 Å². The van der Waals surface area contributed by atoms with E-state index in [1.54, 1.807) is 4.90 Å². The number of benzene rings is 1. The van der Waals surface area contributed by atoms with Gasteiger partial charge in [0, 0.05) is 26.2 Å². The van der Waals surface area contributed by atoms with E-state index in [0.29, 0.717) is 13.1 Å². The molecule has 1 aromatic rings. The smallest absolute Gasteiger partial charge is 0.335 e. The van der Waals surface area contributed by atoms with Crippen LogP contribution in [0.15, 0.2) is 18.2 Å². The fourth-order valence-corrected chi connectivity index (χ4v) is 2.80. The van der Waals surface area contributed by atoms with Crippen LogP contribution in [0.4, 0.5) is 9.18 Å². The molecule has 2 aliphatic heterocycles. The summed E-state index contributed by atoms with van der Waals surface area (Å²) in [5.74, 6) is 3.60. The molecule has 1 aromatic carbocycles. The fourth-order valence-electron chi connectivity index (χ4n) is 2.80. The molecule has 2 saturated heterocycles. The second-order valence-electron chi connectivity index (χ2n) is 5.52. The van der Waals surface area contributed by atoms with Crippen molar-refractivity contribution in [2.45, 2.75) is 6.04 Å². The number of nitrogens with zero attached hydrogens (tertiary/aromatic N) is 2. The summed E-state index contributed by atoms with van der Waals surface area (Å²) in [6.45, 7) is 3.11. The third-order valence-corrected chi connectivity index (χ3v) is 4.01. The van der Waals surface area contributed by atoms with Crippen LogP contribution in [-0.4, -0.2) is 65.7 Å². The minimum atomic E-state index is -1.18. The fraction of sp³-hybridized carbons (Fsp3) is 0.375. The van der Waals surface area contributed by atoms with Gasteiger partial charge in [-0.2, -0.15) is 0 Å². The van der Waals surface area contributed by atoms with Gasteiger partial charge in [0.05, 0.1) is 23.7 Å². The van der Waals surface area contributed by atoms with Crippen molar-refractivity contribution in [1.82, 2.24) is 15.1 Å². The molecular formula is C16H17ClFN3O3. The van der Waals surface area contributed by atoms with Gasteiger partial charge in [-0.1, -0.05) is 11.8 Å². The van der Waals surface area contributed by atoms with E-state index in [0.717, 1.165) is 19.2 Å². The highest BCUT2D eigenvalue weighted by Crippen LogP contribution is 2.16. The maximum Gasteiger partial charge on any atom is 0.335 e. The van der Waals surface area contributed by atoms with Crippen molar-refractivity contribution in [3.8, 4) is 11.8 Å². The lowest BCUT2D eigenvalue weighted by Gasteiger charge is -2.28. The number of carboxylic acid groups (broad SMARTS) is 1. The molecule has 2 heterocycles. The van der Waals surface area contributed by atoms with Crippen molar-refractivity contribution >= 4 is 24.4 Å². The molecule has 1 unspecified atom stereocenters. The number of nitrogens with one attached hydrogen (secondary N) is 1. The normalized spacial score (nSPS) is 19.2. The molecular weight excluding hydrogens is 337 g/mol. The Kier molecular flexibility index (Phi) is 5.65. The third-order valence-electron chi connectivity index (χ3n) is 4.01. The number of halogens is 2. The number of carbonyl (C=O) groups excluding carboxylic acids is 1. The third kappa shape index (κ3) is 3.61. The standard InChI is InChI=1S/C16H16FN3O3.ClH/c17-14-8-12(15(21)22)4-3-11(14)2-1-6-19-10-13-9-18-5-7-20(13)16(19)23;/h3-4,8,13,18H,5-7,9-10H2,(H,21,22);1H. The van der Waals surface area contributed by atoms with Gasteiger partial charge in [-0.15, -0.1) is 12.4 Å². The first-order valence-electron chi connectivity index (χ1n) is 7.34. The Morgan fingerprint density at radius 3 is 2.92 bits per heavy atom. The van der Waals surface area contributed by atoms with E-state index in [4.69, 9.17) is 5.11 Å². The van der Waals surface area contributed by atoms with Gasteiger partial charge < -0.3 is 20.2 Å². The van der Waals surface area contributed by atoms with Crippen molar-refractivity contribution in [3.63, 3.8) is 0 Å². The zero-order valence-corrected chi connectivity index (χ0v) is 13.6. The molecule has 2 aliphatic rings. The lowest BCUT2D eigenvalue weighted by Crippen LogP contribution is -2.49. The summed E-state index contributed by atoms with van der Waals surface area (Å²) < 4.78 is 13.8. The predicted octanol–water partition coefficient (Wildman–Crippen LogP) is 1.01. The first kappa shape index (κ1) is 18.0. The number of fused-ring (bicyclic) bond motifs is 1. The second-order valence-corrected chi connectivity index (χ2v) is 5.52. The molecule has 3 rings (SSSR count). The molecule has 2 fully saturated rings. The Bertz CT molecular complexity index is 716. The van der Waals surface area contributed by atoms with E-state index in [9.17, 15) is 14.0 Å². The molecule has 0 spiro atoms. The molecule has 6 nitrogen and oxygen atoms in total. The van der Waals surface area contributed by atoms with E-state index in [1.807, 2.05) is 4.90 Å². The number of hydrogen-bond acceptors (Lipinski definition) is 3. The van der Waals surface area contributed by atoms with Crippen LogP contribution in [0, 0.1) is 17.7 Å². The average molecular weight is 354 g/mol. The summed E-state index contributed by atoms with van der Waals surface area (Å²) in [6.07, 6.45) is 0. The number of aromatic carboxylic acids is 1. The maximum atomic E-state index is 13.8. The van der Waals surface area contributed by atoms with Crippen LogP contribution in [0.3, 0.4) is 0 Å². The molecule has 8 heteroatoms. The van der Waals surface area contributed by atoms with E-state index in [-0.39, 0.29) is 42.2 Å².